The Morgan fingerprint density at radius 3 is 0.493 bits per heavy atom. The molecule has 4 aliphatic carbocycles. The molecule has 23 aliphatic heterocycles. The van der Waals surface area contributed by atoms with Crippen LogP contribution in [0, 0.1) is 0 Å². The van der Waals surface area contributed by atoms with Gasteiger partial charge in [0.25, 0.3) is 0 Å². The van der Waals surface area contributed by atoms with Gasteiger partial charge in [0, 0.05) is 0 Å². The molecule has 0 fully saturated rings. The molecule has 22 nitrogen and oxygen atoms in total. The summed E-state index contributed by atoms with van der Waals surface area (Å²) in [6.07, 6.45) is 15.2. The van der Waals surface area contributed by atoms with Crippen LogP contribution in [0.15, 0.2) is 158 Å². The third kappa shape index (κ3) is 19.9. The maximum absolute atomic E-state index is 6.98. The topological polar surface area (TPSA) is 203 Å². The number of hydrogen-bond donors (Lipinski definition) is 0. The van der Waals surface area contributed by atoms with Crippen molar-refractivity contribution in [2.45, 2.75) is 128 Å². The van der Waals surface area contributed by atoms with E-state index < -0.39 is 0 Å². The van der Waals surface area contributed by atoms with Crippen LogP contribution in [0.3, 0.4) is 0 Å². The molecule has 0 radical (unpaired) electrons. The summed E-state index contributed by atoms with van der Waals surface area (Å²) < 4.78 is 144. The number of rotatable bonds is 21. The molecule has 23 heterocycles. The van der Waals surface area contributed by atoms with Crippen molar-refractivity contribution >= 4 is 0 Å². The molecular weight excluding hydrogens is 1720 g/mol. The van der Waals surface area contributed by atoms with Gasteiger partial charge in [-0.15, -0.1) is 0 Å². The Morgan fingerprint density at radius 1 is 0.154 bits per heavy atom. The minimum atomic E-state index is 0.234. The average molecular weight is 1840 g/mol. The lowest BCUT2D eigenvalue weighted by Crippen LogP contribution is -2.12. The molecule has 0 spiro atoms. The first-order valence-electron chi connectivity index (χ1n) is 47.8. The van der Waals surface area contributed by atoms with E-state index in [4.69, 9.17) is 104 Å². The van der Waals surface area contributed by atoms with Crippen LogP contribution in [0.1, 0.15) is 185 Å². The second kappa shape index (κ2) is 41.2. The summed E-state index contributed by atoms with van der Waals surface area (Å²) >= 11 is 0. The van der Waals surface area contributed by atoms with Crippen LogP contribution in [0.4, 0.5) is 0 Å². The smallest absolute Gasteiger partial charge is 0.161 e. The van der Waals surface area contributed by atoms with Crippen LogP contribution in [0.25, 0.3) is 0 Å². The van der Waals surface area contributed by atoms with Gasteiger partial charge in [-0.3, -0.25) is 0 Å². The van der Waals surface area contributed by atoms with Crippen molar-refractivity contribution in [1.29, 1.82) is 0 Å². The first kappa shape index (κ1) is 90.1. The predicted octanol–water partition coefficient (Wildman–Crippen LogP) is 20.7. The lowest BCUT2D eigenvalue weighted by Gasteiger charge is -2.20. The molecule has 0 aromatic heterocycles. The Labute approximate surface area is 795 Å². The standard InChI is InChI=1S/C114H118O22/c1-115-95-49-75-37-71-47-93-19-17-69(71)35-73-57-103-97(117-3)51-77(73)39-83(75)59-105(95)129-31-33-131-107-61-85-41-79-53-99(119-5)109(133-29-27-127-103)63-87(79)45-91-65-111(113(135-25-23-123-93)67-89(91)43-81(85)55-101(107)121-7)125-21-15-13-11-9-10-12-14-16-22-126-112-66-92-46-88-64-110-100(120-6)54-80(88)42-86-62-108-102(122-8)56-82(86)44-90(92)68-114(112)136-26-24-124-94-20-18-70-36-74-58-104(128-28-30-134-110)98(118-4)52-78(74)40-84-60-106(130-32-34-132-108)96(116-2)50-76(84)38-72(70)48-94/h17-20,47-68H,9-16,21-46H2,1-8H3. The highest BCUT2D eigenvalue weighted by Crippen LogP contribution is 2.49. The van der Waals surface area contributed by atoms with E-state index in [0.717, 1.165) is 196 Å². The van der Waals surface area contributed by atoms with Crippen LogP contribution < -0.4 is 104 Å². The Hall–Kier alpha value is -13.8. The quantitative estimate of drug-likeness (QED) is 0.0614. The summed E-state index contributed by atoms with van der Waals surface area (Å²) in [4.78, 5) is 0. The van der Waals surface area contributed by atoms with Gasteiger partial charge in [0.05, 0.1) is 70.1 Å². The zero-order valence-electron chi connectivity index (χ0n) is 79.0. The highest BCUT2D eigenvalue weighted by atomic mass is 16.6. The maximum atomic E-state index is 6.98. The van der Waals surface area contributed by atoms with Crippen LogP contribution in [-0.2, 0) is 77.0 Å². The molecule has 0 saturated carbocycles. The number of methoxy groups -OCH3 is 8. The molecule has 136 heavy (non-hydrogen) atoms. The van der Waals surface area contributed by atoms with E-state index in [1.54, 1.807) is 56.9 Å². The molecule has 0 atom stereocenters. The van der Waals surface area contributed by atoms with Gasteiger partial charge in [-0.05, 0) is 369 Å². The number of benzene rings is 12. The van der Waals surface area contributed by atoms with Crippen molar-refractivity contribution in [2.75, 3.05) is 149 Å². The molecule has 0 saturated heterocycles. The second-order valence-corrected chi connectivity index (χ2v) is 36.0. The van der Waals surface area contributed by atoms with Crippen molar-refractivity contribution in [2.24, 2.45) is 0 Å². The fourth-order valence-electron chi connectivity index (χ4n) is 20.3. The number of hydrogen-bond acceptors (Lipinski definition) is 22. The fraction of sp³-hybridized carbons (Fsp3) is 0.368. The number of fused-ring (bicyclic) bond motifs is 1. The van der Waals surface area contributed by atoms with E-state index in [2.05, 4.69) is 158 Å². The van der Waals surface area contributed by atoms with E-state index >= 15 is 0 Å². The zero-order valence-corrected chi connectivity index (χ0v) is 79.0. The fourth-order valence-corrected chi connectivity index (χ4v) is 20.3. The van der Waals surface area contributed by atoms with Gasteiger partial charge in [-0.1, -0.05) is 50.7 Å². The van der Waals surface area contributed by atoms with Crippen LogP contribution >= 0.6 is 0 Å². The van der Waals surface area contributed by atoms with Gasteiger partial charge in [-0.25, -0.2) is 0 Å². The molecule has 12 aromatic carbocycles. The first-order valence-corrected chi connectivity index (χ1v) is 47.8. The number of unbranched alkanes of at least 4 members (excludes halogenated alkanes) is 7. The van der Waals surface area contributed by atoms with Crippen molar-refractivity contribution in [3.05, 3.63) is 291 Å². The lowest BCUT2D eigenvalue weighted by molar-refractivity contribution is 0.205. The summed E-state index contributed by atoms with van der Waals surface area (Å²) in [5, 5.41) is 0. The molecule has 706 valence electrons. The van der Waals surface area contributed by atoms with E-state index in [1.807, 2.05) is 0 Å². The summed E-state index contributed by atoms with van der Waals surface area (Å²) in [5.41, 5.74) is 26.4. The molecule has 27 aliphatic rings. The van der Waals surface area contributed by atoms with Gasteiger partial charge in [0.1, 0.15) is 90.8 Å². The van der Waals surface area contributed by atoms with Crippen molar-refractivity contribution in [1.82, 2.24) is 0 Å². The van der Waals surface area contributed by atoms with E-state index in [1.165, 1.54) is 0 Å². The second-order valence-electron chi connectivity index (χ2n) is 36.0. The van der Waals surface area contributed by atoms with Gasteiger partial charge >= 0.3 is 0 Å². The highest BCUT2D eigenvalue weighted by molar-refractivity contribution is 5.65. The molecule has 22 heteroatoms. The van der Waals surface area contributed by atoms with Crippen LogP contribution in [-0.4, -0.2) is 149 Å². The summed E-state index contributed by atoms with van der Waals surface area (Å²) in [6, 6.07) is 55.5. The first-order chi connectivity index (χ1) is 66.9. The molecule has 0 N–H and O–H groups in total. The lowest BCUT2D eigenvalue weighted by atomic mass is 9.94. The van der Waals surface area contributed by atoms with Crippen molar-refractivity contribution in [3.63, 3.8) is 0 Å². The molecule has 12 aromatic rings. The maximum Gasteiger partial charge on any atom is 0.161 e. The Bertz CT molecular complexity index is 6040. The molecule has 0 amide bonds. The van der Waals surface area contributed by atoms with Crippen LogP contribution in [0.5, 0.6) is 126 Å². The van der Waals surface area contributed by atoms with Crippen molar-refractivity contribution < 1.29 is 104 Å². The largest absolute Gasteiger partial charge is 0.493 e. The Kier molecular flexibility index (Phi) is 27.3. The van der Waals surface area contributed by atoms with Gasteiger partial charge in [0.15, 0.2) is 115 Å². The molecular formula is C114H118O22. The Morgan fingerprint density at radius 2 is 0.301 bits per heavy atom. The van der Waals surface area contributed by atoms with Crippen molar-refractivity contribution in [3.8, 4) is 126 Å². The van der Waals surface area contributed by atoms with E-state index in [9.17, 15) is 0 Å². The van der Waals surface area contributed by atoms with Gasteiger partial charge in [-0.2, -0.15) is 0 Å². The Balaban J connectivity index is 0.546. The molecule has 36 bridgehead atoms. The third-order valence-electron chi connectivity index (χ3n) is 27.5. The normalized spacial score (nSPS) is 14.9. The predicted molar refractivity (Wildman–Crippen MR) is 517 cm³/mol. The van der Waals surface area contributed by atoms with E-state index in [-0.39, 0.29) is 79.3 Å². The molecule has 0 unspecified atom stereocenters. The highest BCUT2D eigenvalue weighted by Gasteiger charge is 2.31. The summed E-state index contributed by atoms with van der Waals surface area (Å²) in [7, 11) is 13.5. The van der Waals surface area contributed by atoms with E-state index in [0.29, 0.717) is 205 Å². The minimum absolute atomic E-state index is 0.234. The SMILES string of the molecule is COc1cc2c3cc1OCCOc1cc4c(cc1OC)Cc1cc5c(OC)cc1Cc1cc(c(OCCCCCCCCCCOc6cc7c8cc6OCCOc6ccc9c(c6)Cc6cc(OC)c%10cc6Cc6cc(OC)c(cc6C9)OCCOc6cc(c(cc6OC)Cc6cc(c(OC)cc6C8)OCCO%10)C7)cc1C4)OCCOc1ccc(c(c1)Cc1cc(OC)c(cc1C2)OCCO5)C3. The number of ether oxygens (including phenoxy) is 22. The van der Waals surface area contributed by atoms with Crippen LogP contribution in [0.2, 0.25) is 0 Å². The monoisotopic (exact) mass is 1840 g/mol. The third-order valence-corrected chi connectivity index (χ3v) is 27.5. The summed E-state index contributed by atoms with van der Waals surface area (Å²) in [6.45, 7) is 3.98. The minimum Gasteiger partial charge on any atom is -0.493 e. The average Bonchev–Trinajstić information content (AvgIpc) is 1.64. The van der Waals surface area contributed by atoms with Gasteiger partial charge < -0.3 is 104 Å². The summed E-state index contributed by atoms with van der Waals surface area (Å²) in [5.74, 6) is 14.1. The van der Waals surface area contributed by atoms with Gasteiger partial charge in [0.2, 0.25) is 0 Å². The zero-order chi connectivity index (χ0) is 92.5. The molecule has 39 rings (SSSR count).